The third kappa shape index (κ3) is 2.49. The topological polar surface area (TPSA) is 32.7 Å². The van der Waals surface area contributed by atoms with E-state index in [0.29, 0.717) is 18.0 Å². The first-order valence-corrected chi connectivity index (χ1v) is 6.97. The van der Waals surface area contributed by atoms with E-state index >= 15 is 0 Å². The van der Waals surface area contributed by atoms with Crippen molar-refractivity contribution in [2.75, 3.05) is 7.05 Å². The number of carbonyl (C=O) groups is 1. The smallest absolute Gasteiger partial charge is 0.269 e. The van der Waals surface area contributed by atoms with Gasteiger partial charge < -0.3 is 0 Å². The predicted octanol–water partition coefficient (Wildman–Crippen LogP) is 3.10. The zero-order valence-electron chi connectivity index (χ0n) is 11.2. The summed E-state index contributed by atoms with van der Waals surface area (Å²) in [5, 5.41) is 5.44. The zero-order chi connectivity index (χ0) is 14.2. The summed E-state index contributed by atoms with van der Waals surface area (Å²) in [6.07, 6.45) is 0.446. The van der Waals surface area contributed by atoms with Crippen LogP contribution in [-0.4, -0.2) is 28.5 Å². The van der Waals surface area contributed by atoms with Gasteiger partial charge in [0.05, 0.1) is 5.71 Å². The Labute approximate surface area is 123 Å². The van der Waals surface area contributed by atoms with Crippen LogP contribution in [-0.2, 0) is 17.1 Å². The first-order valence-electron chi connectivity index (χ1n) is 6.05. The van der Waals surface area contributed by atoms with E-state index in [0.717, 1.165) is 16.7 Å². The Kier molecular flexibility index (Phi) is 3.88. The molecule has 1 heterocycles. The lowest BCUT2D eigenvalue weighted by molar-refractivity contribution is -0.129. The summed E-state index contributed by atoms with van der Waals surface area (Å²) < 4.78 is 0. The molecule has 3 nitrogen and oxygen atoms in total. The van der Waals surface area contributed by atoms with Crippen molar-refractivity contribution in [3.63, 3.8) is 0 Å². The van der Waals surface area contributed by atoms with E-state index in [1.54, 1.807) is 14.0 Å². The number of aryl methyl sites for hydroxylation is 1. The number of hydrogen-bond acceptors (Lipinski definition) is 2. The van der Waals surface area contributed by atoms with Crippen molar-refractivity contribution >= 4 is 34.8 Å². The van der Waals surface area contributed by atoms with Crippen LogP contribution in [0.5, 0.6) is 0 Å². The fourth-order valence-electron chi connectivity index (χ4n) is 2.27. The van der Waals surface area contributed by atoms with E-state index in [1.807, 2.05) is 25.1 Å². The summed E-state index contributed by atoms with van der Waals surface area (Å²) in [6.45, 7) is 3.79. The molecule has 0 radical (unpaired) electrons. The molecule has 1 unspecified atom stereocenters. The van der Waals surface area contributed by atoms with E-state index in [2.05, 4.69) is 5.10 Å². The summed E-state index contributed by atoms with van der Waals surface area (Å²) in [4.78, 5) is 11.1. The molecule has 1 aromatic carbocycles. The Hall–Kier alpha value is -1.06. The second-order valence-corrected chi connectivity index (χ2v) is 5.80. The van der Waals surface area contributed by atoms with E-state index in [9.17, 15) is 4.79 Å². The fourth-order valence-corrected chi connectivity index (χ4v) is 2.74. The van der Waals surface area contributed by atoms with Crippen LogP contribution >= 0.6 is 23.2 Å². The van der Waals surface area contributed by atoms with Crippen LogP contribution in [0.4, 0.5) is 0 Å². The molecule has 1 aliphatic rings. The fraction of sp³-hybridized carbons (Fsp3) is 0.429. The van der Waals surface area contributed by atoms with Crippen molar-refractivity contribution in [2.45, 2.75) is 31.0 Å². The molecule has 0 aliphatic carbocycles. The Balaban J connectivity index is 2.31. The highest BCUT2D eigenvalue weighted by Crippen LogP contribution is 2.31. The van der Waals surface area contributed by atoms with Gasteiger partial charge in [-0.25, -0.2) is 5.01 Å². The highest BCUT2D eigenvalue weighted by Gasteiger charge is 2.46. The third-order valence-corrected chi connectivity index (χ3v) is 4.38. The molecule has 0 spiro atoms. The van der Waals surface area contributed by atoms with Gasteiger partial charge in [-0.15, -0.1) is 23.2 Å². The number of alkyl halides is 2. The lowest BCUT2D eigenvalue weighted by Crippen LogP contribution is -2.41. The molecule has 2 rings (SSSR count). The molecule has 0 aromatic heterocycles. The number of carbonyl (C=O) groups excluding carboxylic acids is 1. The number of amides is 1. The van der Waals surface area contributed by atoms with Gasteiger partial charge in [-0.3, -0.25) is 4.79 Å². The van der Waals surface area contributed by atoms with Gasteiger partial charge >= 0.3 is 0 Å². The van der Waals surface area contributed by atoms with Gasteiger partial charge in [0.15, 0.2) is 4.87 Å². The quantitative estimate of drug-likeness (QED) is 0.789. The summed E-state index contributed by atoms with van der Waals surface area (Å²) in [5.41, 5.74) is 3.84. The molecular formula is C14H16Cl2N2O. The van der Waals surface area contributed by atoms with Crippen LogP contribution < -0.4 is 0 Å². The lowest BCUT2D eigenvalue weighted by atomic mass is 9.91. The molecule has 1 atom stereocenters. The van der Waals surface area contributed by atoms with Crippen molar-refractivity contribution in [3.8, 4) is 0 Å². The van der Waals surface area contributed by atoms with Gasteiger partial charge in [-0.05, 0) is 30.5 Å². The number of hydrogen-bond donors (Lipinski definition) is 0. The van der Waals surface area contributed by atoms with Gasteiger partial charge in [0.1, 0.15) is 0 Å². The summed E-state index contributed by atoms with van der Waals surface area (Å²) in [5.74, 6) is 0.308. The summed E-state index contributed by atoms with van der Waals surface area (Å²) >= 11 is 12.3. The minimum atomic E-state index is -1.05. The zero-order valence-corrected chi connectivity index (χ0v) is 12.7. The first kappa shape index (κ1) is 14.4. The molecule has 19 heavy (non-hydrogen) atoms. The summed E-state index contributed by atoms with van der Waals surface area (Å²) in [6, 6.07) is 5.97. The van der Waals surface area contributed by atoms with Crippen molar-refractivity contribution in [1.29, 1.82) is 0 Å². The second-order valence-electron chi connectivity index (χ2n) is 4.89. The average Bonchev–Trinajstić information content (AvgIpc) is 2.56. The maximum absolute atomic E-state index is 12.1. The van der Waals surface area contributed by atoms with E-state index in [1.165, 1.54) is 5.01 Å². The number of hydrazone groups is 1. The molecular weight excluding hydrogens is 283 g/mol. The number of benzene rings is 1. The maximum Gasteiger partial charge on any atom is 0.269 e. The Morgan fingerprint density at radius 2 is 2.05 bits per heavy atom. The molecule has 0 saturated heterocycles. The highest BCUT2D eigenvalue weighted by molar-refractivity contribution is 6.48. The minimum absolute atomic E-state index is 0.174. The minimum Gasteiger partial charge on any atom is -0.270 e. The Morgan fingerprint density at radius 1 is 1.37 bits per heavy atom. The SMILES string of the molecule is CC1=NN(C)C(=O)C1(Cl)Cc1ccc(CCl)cc1C. The molecule has 1 aliphatic heterocycles. The molecule has 0 fully saturated rings. The largest absolute Gasteiger partial charge is 0.270 e. The van der Waals surface area contributed by atoms with Gasteiger partial charge in [-0.1, -0.05) is 18.2 Å². The van der Waals surface area contributed by atoms with Gasteiger partial charge in [0.2, 0.25) is 0 Å². The standard InChI is InChI=1S/C14H16Cl2N2O/c1-9-6-11(8-15)4-5-12(9)7-14(16)10(2)17-18(3)13(14)19/h4-6H,7-8H2,1-3H3. The molecule has 102 valence electrons. The van der Waals surface area contributed by atoms with Crippen LogP contribution in [0.2, 0.25) is 0 Å². The van der Waals surface area contributed by atoms with E-state index in [-0.39, 0.29) is 5.91 Å². The molecule has 0 saturated carbocycles. The van der Waals surface area contributed by atoms with Crippen LogP contribution in [0.15, 0.2) is 23.3 Å². The van der Waals surface area contributed by atoms with Crippen molar-refractivity contribution in [3.05, 3.63) is 34.9 Å². The number of halogens is 2. The molecule has 5 heteroatoms. The second kappa shape index (κ2) is 5.14. The average molecular weight is 299 g/mol. The van der Waals surface area contributed by atoms with E-state index in [4.69, 9.17) is 23.2 Å². The number of nitrogens with zero attached hydrogens (tertiary/aromatic N) is 2. The van der Waals surface area contributed by atoms with Gasteiger partial charge in [0, 0.05) is 19.3 Å². The Morgan fingerprint density at radius 3 is 2.53 bits per heavy atom. The Bertz CT molecular complexity index is 556. The molecule has 1 aromatic rings. The van der Waals surface area contributed by atoms with Crippen LogP contribution in [0, 0.1) is 6.92 Å². The summed E-state index contributed by atoms with van der Waals surface area (Å²) in [7, 11) is 1.62. The molecule has 0 bridgehead atoms. The van der Waals surface area contributed by atoms with Crippen LogP contribution in [0.3, 0.4) is 0 Å². The maximum atomic E-state index is 12.1. The van der Waals surface area contributed by atoms with Gasteiger partial charge in [0.25, 0.3) is 5.91 Å². The monoisotopic (exact) mass is 298 g/mol. The first-order chi connectivity index (χ1) is 8.88. The van der Waals surface area contributed by atoms with Crippen molar-refractivity contribution in [1.82, 2.24) is 5.01 Å². The third-order valence-electron chi connectivity index (χ3n) is 3.50. The highest BCUT2D eigenvalue weighted by atomic mass is 35.5. The van der Waals surface area contributed by atoms with Crippen LogP contribution in [0.25, 0.3) is 0 Å². The van der Waals surface area contributed by atoms with Crippen LogP contribution in [0.1, 0.15) is 23.6 Å². The molecule has 0 N–H and O–H groups in total. The van der Waals surface area contributed by atoms with Crippen molar-refractivity contribution < 1.29 is 4.79 Å². The van der Waals surface area contributed by atoms with E-state index < -0.39 is 4.87 Å². The van der Waals surface area contributed by atoms with Crippen molar-refractivity contribution in [2.24, 2.45) is 5.10 Å². The van der Waals surface area contributed by atoms with Gasteiger partial charge in [-0.2, -0.15) is 5.10 Å². The number of rotatable bonds is 3. The predicted molar refractivity (Wildman–Crippen MR) is 78.9 cm³/mol. The molecule has 1 amide bonds. The lowest BCUT2D eigenvalue weighted by Gasteiger charge is -2.21. The normalized spacial score (nSPS) is 22.9.